The molecule has 0 bridgehead atoms. The molecule has 34 heavy (non-hydrogen) atoms. The van der Waals surface area contributed by atoms with Gasteiger partial charge in [-0.25, -0.2) is 19.2 Å². The van der Waals surface area contributed by atoms with Crippen molar-refractivity contribution in [2.75, 3.05) is 26.4 Å². The molecule has 0 radical (unpaired) electrons. The number of hydrogen-bond acceptors (Lipinski definition) is 10. The number of carbonyl (C=O) groups excluding carboxylic acids is 4. The van der Waals surface area contributed by atoms with E-state index in [4.69, 9.17) is 27.8 Å². The molecular weight excluding hydrogens is 464 g/mol. The Balaban J connectivity index is 5.51. The second-order valence-corrected chi connectivity index (χ2v) is 10.8. The molecule has 0 amide bonds. The fourth-order valence-corrected chi connectivity index (χ4v) is 4.25. The van der Waals surface area contributed by atoms with Crippen molar-refractivity contribution in [3.63, 3.8) is 0 Å². The smallest absolute Gasteiger partial charge is 0.335 e. The summed E-state index contributed by atoms with van der Waals surface area (Å²) in [5.74, 6) is -2.63. The van der Waals surface area contributed by atoms with Gasteiger partial charge < -0.3 is 27.8 Å². The maximum Gasteiger partial charge on any atom is 0.335 e. The van der Waals surface area contributed by atoms with Crippen molar-refractivity contribution in [3.8, 4) is 0 Å². The van der Waals surface area contributed by atoms with Crippen LogP contribution in [-0.2, 0) is 47.0 Å². The molecule has 0 aliphatic rings. The summed E-state index contributed by atoms with van der Waals surface area (Å²) >= 11 is 0. The summed E-state index contributed by atoms with van der Waals surface area (Å²) in [6.07, 6.45) is 0.254. The first kappa shape index (κ1) is 31.0. The second kappa shape index (κ2) is 15.7. The number of esters is 4. The van der Waals surface area contributed by atoms with Crippen molar-refractivity contribution >= 4 is 32.4 Å². The van der Waals surface area contributed by atoms with Gasteiger partial charge in [-0.3, -0.25) is 0 Å². The first-order valence-corrected chi connectivity index (χ1v) is 13.0. The van der Waals surface area contributed by atoms with Crippen LogP contribution in [-0.4, -0.2) is 71.1 Å². The molecule has 0 heterocycles. The Kier molecular flexibility index (Phi) is 14.3. The number of hydrogen-bond donors (Lipinski definition) is 0. The van der Waals surface area contributed by atoms with Gasteiger partial charge in [0, 0.05) is 23.3 Å². The second-order valence-electron chi connectivity index (χ2n) is 7.39. The zero-order chi connectivity index (χ0) is 26.3. The maximum absolute atomic E-state index is 11.8. The van der Waals surface area contributed by atoms with E-state index in [2.05, 4.69) is 26.3 Å². The van der Waals surface area contributed by atoms with E-state index in [0.717, 1.165) is 12.2 Å². The van der Waals surface area contributed by atoms with Crippen molar-refractivity contribution in [1.29, 1.82) is 0 Å². The molecule has 2 unspecified atom stereocenters. The molecule has 0 saturated heterocycles. The number of ether oxygens (including phenoxy) is 4. The molecular formula is C23H34O10Si. The molecule has 0 saturated carbocycles. The van der Waals surface area contributed by atoms with Crippen LogP contribution in [0.1, 0.15) is 20.8 Å². The van der Waals surface area contributed by atoms with Crippen LogP contribution in [0.3, 0.4) is 0 Å². The van der Waals surface area contributed by atoms with Crippen molar-refractivity contribution < 1.29 is 47.0 Å². The fourth-order valence-electron chi connectivity index (χ4n) is 2.18. The van der Waals surface area contributed by atoms with Crippen molar-refractivity contribution in [3.05, 3.63) is 49.6 Å². The van der Waals surface area contributed by atoms with E-state index in [0.29, 0.717) is 6.04 Å². The Morgan fingerprint density at radius 2 is 1.06 bits per heavy atom. The summed E-state index contributed by atoms with van der Waals surface area (Å²) in [7, 11) is -3.07. The Hall–Kier alpha value is -3.02. The van der Waals surface area contributed by atoms with Crippen LogP contribution in [0.15, 0.2) is 49.6 Å². The molecule has 0 spiro atoms. The molecule has 0 aliphatic carbocycles. The molecule has 0 aromatic rings. The van der Waals surface area contributed by atoms with Crippen molar-refractivity contribution in [1.82, 2.24) is 0 Å². The normalized spacial score (nSPS) is 13.9. The summed E-state index contributed by atoms with van der Waals surface area (Å²) in [5.41, 5.74) is 0.383. The van der Waals surface area contributed by atoms with Gasteiger partial charge in [-0.15, -0.1) is 0 Å². The van der Waals surface area contributed by atoms with Crippen LogP contribution in [0.4, 0.5) is 0 Å². The lowest BCUT2D eigenvalue weighted by Crippen LogP contribution is -2.49. The molecule has 0 fully saturated rings. The summed E-state index contributed by atoms with van der Waals surface area (Å²) in [6, 6.07) is 0.410. The van der Waals surface area contributed by atoms with Gasteiger partial charge in [-0.1, -0.05) is 33.2 Å². The number of carbonyl (C=O) groups is 4. The van der Waals surface area contributed by atoms with Gasteiger partial charge in [0.05, 0.1) is 0 Å². The highest BCUT2D eigenvalue weighted by atomic mass is 28.4. The third-order valence-electron chi connectivity index (χ3n) is 4.13. The van der Waals surface area contributed by atoms with Crippen molar-refractivity contribution in [2.45, 2.75) is 45.6 Å². The minimum absolute atomic E-state index is 0.192. The van der Waals surface area contributed by atoms with E-state index in [9.17, 15) is 19.2 Å². The summed E-state index contributed by atoms with van der Waals surface area (Å²) in [4.78, 5) is 46.6. The van der Waals surface area contributed by atoms with E-state index in [1.165, 1.54) is 13.8 Å². The van der Waals surface area contributed by atoms with E-state index in [1.807, 2.05) is 6.92 Å². The molecule has 0 aromatic heterocycles. The molecule has 0 rings (SSSR count). The van der Waals surface area contributed by atoms with Crippen LogP contribution < -0.4 is 0 Å². The van der Waals surface area contributed by atoms with Crippen LogP contribution in [0.2, 0.25) is 12.6 Å². The van der Waals surface area contributed by atoms with Gasteiger partial charge in [-0.05, 0) is 26.4 Å². The molecule has 11 heteroatoms. The monoisotopic (exact) mass is 498 g/mol. The van der Waals surface area contributed by atoms with Crippen molar-refractivity contribution in [2.24, 2.45) is 0 Å². The topological polar surface area (TPSA) is 124 Å². The Bertz CT molecular complexity index is 729. The average molecular weight is 499 g/mol. The molecule has 0 aliphatic heterocycles. The van der Waals surface area contributed by atoms with Crippen LogP contribution in [0, 0.1) is 0 Å². The molecule has 0 aromatic carbocycles. The molecule has 10 nitrogen and oxygen atoms in total. The fraction of sp³-hybridized carbons (Fsp3) is 0.478. The average Bonchev–Trinajstić information content (AvgIpc) is 2.81. The Labute approximate surface area is 201 Å². The predicted molar refractivity (Wildman–Crippen MR) is 126 cm³/mol. The molecule has 0 N–H and O–H groups in total. The predicted octanol–water partition coefficient (Wildman–Crippen LogP) is 2.55. The lowest BCUT2D eigenvalue weighted by molar-refractivity contribution is -0.148. The quantitative estimate of drug-likeness (QED) is 0.128. The Morgan fingerprint density at radius 3 is 1.32 bits per heavy atom. The SMILES string of the molecule is C=CC(=O)OCC(COC(=O)C(=C)C)O[Si](C)(CC)OC(COC(=O)C=C)COC(=O)C(=C)C. The van der Waals surface area contributed by atoms with Crippen LogP contribution >= 0.6 is 0 Å². The highest BCUT2D eigenvalue weighted by Crippen LogP contribution is 2.20. The van der Waals surface area contributed by atoms with Gasteiger partial charge in [0.2, 0.25) is 0 Å². The third-order valence-corrected chi connectivity index (χ3v) is 7.08. The zero-order valence-electron chi connectivity index (χ0n) is 20.3. The lowest BCUT2D eigenvalue weighted by Gasteiger charge is -2.33. The highest BCUT2D eigenvalue weighted by molar-refractivity contribution is 6.66. The molecule has 2 atom stereocenters. The summed E-state index contributed by atoms with van der Waals surface area (Å²) in [6.45, 7) is 19.3. The minimum Gasteiger partial charge on any atom is -0.460 e. The summed E-state index contributed by atoms with van der Waals surface area (Å²) in [5, 5.41) is 0. The molecule has 190 valence electrons. The Morgan fingerprint density at radius 1 is 0.735 bits per heavy atom. The van der Waals surface area contributed by atoms with Gasteiger partial charge >= 0.3 is 32.4 Å². The highest BCUT2D eigenvalue weighted by Gasteiger charge is 2.37. The van der Waals surface area contributed by atoms with Gasteiger partial charge in [0.25, 0.3) is 0 Å². The maximum atomic E-state index is 11.8. The van der Waals surface area contributed by atoms with E-state index in [1.54, 1.807) is 6.55 Å². The first-order chi connectivity index (χ1) is 15.9. The van der Waals surface area contributed by atoms with E-state index >= 15 is 0 Å². The van der Waals surface area contributed by atoms with Gasteiger partial charge in [0.15, 0.2) is 0 Å². The number of rotatable bonds is 17. The van der Waals surface area contributed by atoms with Gasteiger partial charge in [-0.2, -0.15) is 0 Å². The third kappa shape index (κ3) is 12.9. The first-order valence-electron chi connectivity index (χ1n) is 10.5. The van der Waals surface area contributed by atoms with Gasteiger partial charge in [0.1, 0.15) is 38.6 Å². The van der Waals surface area contributed by atoms with Crippen LogP contribution in [0.5, 0.6) is 0 Å². The lowest BCUT2D eigenvalue weighted by atomic mass is 10.3. The largest absolute Gasteiger partial charge is 0.460 e. The van der Waals surface area contributed by atoms with E-state index < -0.39 is 44.6 Å². The van der Waals surface area contributed by atoms with E-state index in [-0.39, 0.29) is 37.6 Å². The van der Waals surface area contributed by atoms with Crippen LogP contribution in [0.25, 0.3) is 0 Å². The standard InChI is InChI=1S/C23H34O10Si/c1-9-20(24)28-12-18(14-30-22(26)16(4)5)32-34(8,11-3)33-19(13-29-21(25)10-2)15-31-23(27)17(6)7/h9-10,18-19H,1-2,4,6,11-15H2,3,5,7-8H3. The zero-order valence-corrected chi connectivity index (χ0v) is 21.3. The summed E-state index contributed by atoms with van der Waals surface area (Å²) < 4.78 is 32.6. The minimum atomic E-state index is -3.07.